The molecule has 8 nitrogen and oxygen atoms in total. The van der Waals surface area contributed by atoms with Gasteiger partial charge in [0.25, 0.3) is 0 Å². The molecule has 0 spiro atoms. The van der Waals surface area contributed by atoms with E-state index in [9.17, 15) is 14.4 Å². The fourth-order valence-electron chi connectivity index (χ4n) is 2.58. The molecule has 8 heteroatoms. The summed E-state index contributed by atoms with van der Waals surface area (Å²) in [5.74, 6) is -1.84. The molecule has 1 N–H and O–H groups in total. The maximum absolute atomic E-state index is 12.4. The third-order valence-electron chi connectivity index (χ3n) is 4.09. The molecule has 0 radical (unpaired) electrons. The highest BCUT2D eigenvalue weighted by atomic mass is 16.3. The molecule has 1 unspecified atom stereocenters. The number of imide groups is 2. The molecule has 1 fully saturated rings. The predicted molar refractivity (Wildman–Crippen MR) is 92.1 cm³/mol. The molecule has 1 atom stereocenters. The Labute approximate surface area is 146 Å². The van der Waals surface area contributed by atoms with Crippen LogP contribution < -0.4 is 5.32 Å². The third kappa shape index (κ3) is 4.99. The summed E-state index contributed by atoms with van der Waals surface area (Å²) < 4.78 is 5.15. The Hall–Kier alpha value is -2.48. The van der Waals surface area contributed by atoms with E-state index in [4.69, 9.17) is 4.42 Å². The van der Waals surface area contributed by atoms with Gasteiger partial charge in [0.2, 0.25) is 11.8 Å². The Balaban J connectivity index is 1.92. The van der Waals surface area contributed by atoms with E-state index in [0.29, 0.717) is 12.3 Å². The second-order valence-electron chi connectivity index (χ2n) is 5.71. The Kier molecular flexibility index (Phi) is 6.88. The summed E-state index contributed by atoms with van der Waals surface area (Å²) in [4.78, 5) is 43.7. The molecule has 1 aromatic heterocycles. The number of nitrogens with one attached hydrogen (secondary N) is 1. The number of carbonyl (C=O) groups excluding carboxylic acids is 3. The van der Waals surface area contributed by atoms with Gasteiger partial charge in [0.05, 0.1) is 12.8 Å². The highest BCUT2D eigenvalue weighted by Crippen LogP contribution is 2.13. The van der Waals surface area contributed by atoms with Crippen molar-refractivity contribution in [3.05, 3.63) is 24.2 Å². The van der Waals surface area contributed by atoms with Crippen LogP contribution in [-0.4, -0.2) is 60.0 Å². The van der Waals surface area contributed by atoms with Crippen molar-refractivity contribution in [1.82, 2.24) is 15.1 Å². The predicted octanol–water partition coefficient (Wildman–Crippen LogP) is 1.28. The highest BCUT2D eigenvalue weighted by Gasteiger charge is 2.39. The second-order valence-corrected chi connectivity index (χ2v) is 5.71. The van der Waals surface area contributed by atoms with Crippen LogP contribution in [0.25, 0.3) is 0 Å². The summed E-state index contributed by atoms with van der Waals surface area (Å²) in [6.07, 6.45) is 3.64. The number of hydrogen-bond donors (Lipinski definition) is 1. The Bertz CT molecular complexity index is 623. The van der Waals surface area contributed by atoms with Gasteiger partial charge in [-0.25, -0.2) is 4.79 Å². The number of rotatable bonds is 9. The Morgan fingerprint density at radius 2 is 2.08 bits per heavy atom. The van der Waals surface area contributed by atoms with Crippen molar-refractivity contribution in [3.63, 3.8) is 0 Å². The minimum absolute atomic E-state index is 0.0166. The lowest BCUT2D eigenvalue weighted by Gasteiger charge is -2.27. The van der Waals surface area contributed by atoms with Crippen LogP contribution in [0.2, 0.25) is 0 Å². The van der Waals surface area contributed by atoms with Crippen molar-refractivity contribution >= 4 is 24.1 Å². The number of barbiturate groups is 1. The third-order valence-corrected chi connectivity index (χ3v) is 4.09. The fourth-order valence-corrected chi connectivity index (χ4v) is 2.58. The Morgan fingerprint density at radius 3 is 2.72 bits per heavy atom. The molecule has 0 bridgehead atoms. The average Bonchev–Trinajstić information content (AvgIpc) is 3.10. The van der Waals surface area contributed by atoms with E-state index in [1.165, 1.54) is 12.5 Å². The maximum atomic E-state index is 12.4. The van der Waals surface area contributed by atoms with Gasteiger partial charge in [-0.05, 0) is 38.2 Å². The molecule has 4 amide bonds. The zero-order valence-corrected chi connectivity index (χ0v) is 14.6. The number of urea groups is 1. The lowest BCUT2D eigenvalue weighted by atomic mass is 10.1. The van der Waals surface area contributed by atoms with Gasteiger partial charge in [0, 0.05) is 12.8 Å². The van der Waals surface area contributed by atoms with Gasteiger partial charge < -0.3 is 9.32 Å². The van der Waals surface area contributed by atoms with Crippen molar-refractivity contribution in [3.8, 4) is 0 Å². The van der Waals surface area contributed by atoms with E-state index in [1.807, 2.05) is 0 Å². The molecule has 0 aromatic carbocycles. The summed E-state index contributed by atoms with van der Waals surface area (Å²) in [5, 5.41) is 2.19. The number of carbonyl (C=O) groups is 3. The first-order valence-electron chi connectivity index (χ1n) is 8.47. The van der Waals surface area contributed by atoms with E-state index in [-0.39, 0.29) is 6.54 Å². The monoisotopic (exact) mass is 348 g/mol. The van der Waals surface area contributed by atoms with Gasteiger partial charge in [0.15, 0.2) is 5.92 Å². The van der Waals surface area contributed by atoms with Crippen molar-refractivity contribution in [1.29, 1.82) is 0 Å². The molecule has 136 valence electrons. The standard InChI is InChI=1S/C17H24N4O4/c1-3-20(4-2)9-6-8-18-11-14-15(22)19-17(24)21(16(14)23)12-13-7-5-10-25-13/h5,7,10-11,14H,3-4,6,8-9,12H2,1-2H3,(H,19,22,24). The van der Waals surface area contributed by atoms with Crippen LogP contribution in [0.1, 0.15) is 26.0 Å². The van der Waals surface area contributed by atoms with Crippen LogP contribution >= 0.6 is 0 Å². The topological polar surface area (TPSA) is 95.2 Å². The number of furan rings is 1. The molecule has 25 heavy (non-hydrogen) atoms. The number of aliphatic imine (C=N–C) groups is 1. The lowest BCUT2D eigenvalue weighted by molar-refractivity contribution is -0.139. The molecule has 1 aromatic rings. The normalized spacial score (nSPS) is 18.4. The molecule has 1 aliphatic heterocycles. The SMILES string of the molecule is CCN(CC)CCCN=CC1C(=O)NC(=O)N(Cc2ccco2)C1=O. The average molecular weight is 348 g/mol. The van der Waals surface area contributed by atoms with E-state index in [2.05, 4.69) is 29.1 Å². The quantitative estimate of drug-likeness (QED) is 0.412. The van der Waals surface area contributed by atoms with Gasteiger partial charge in [-0.1, -0.05) is 13.8 Å². The molecule has 1 aliphatic rings. The summed E-state index contributed by atoms with van der Waals surface area (Å²) in [6.45, 7) is 7.58. The molecule has 1 saturated heterocycles. The van der Waals surface area contributed by atoms with Crippen LogP contribution in [0.4, 0.5) is 4.79 Å². The fraction of sp³-hybridized carbons (Fsp3) is 0.529. The van der Waals surface area contributed by atoms with E-state index in [1.54, 1.807) is 12.1 Å². The molecular formula is C17H24N4O4. The summed E-state index contributed by atoms with van der Waals surface area (Å²) in [7, 11) is 0. The first-order chi connectivity index (χ1) is 12.1. The van der Waals surface area contributed by atoms with Crippen LogP contribution in [0.5, 0.6) is 0 Å². The van der Waals surface area contributed by atoms with Crippen LogP contribution in [-0.2, 0) is 16.1 Å². The van der Waals surface area contributed by atoms with E-state index >= 15 is 0 Å². The van der Waals surface area contributed by atoms with Gasteiger partial charge in [-0.15, -0.1) is 0 Å². The van der Waals surface area contributed by atoms with Gasteiger partial charge in [0.1, 0.15) is 5.76 Å². The maximum Gasteiger partial charge on any atom is 0.331 e. The second kappa shape index (κ2) is 9.12. The first kappa shape index (κ1) is 18.9. The summed E-state index contributed by atoms with van der Waals surface area (Å²) in [6, 6.07) is 2.59. The van der Waals surface area contributed by atoms with Gasteiger partial charge in [-0.2, -0.15) is 0 Å². The highest BCUT2D eigenvalue weighted by molar-refractivity contribution is 6.23. The molecule has 2 rings (SSSR count). The first-order valence-corrected chi connectivity index (χ1v) is 8.47. The van der Waals surface area contributed by atoms with Crippen molar-refractivity contribution in [2.75, 3.05) is 26.2 Å². The zero-order valence-electron chi connectivity index (χ0n) is 14.6. The van der Waals surface area contributed by atoms with Crippen LogP contribution in [0.15, 0.2) is 27.8 Å². The summed E-state index contributed by atoms with van der Waals surface area (Å²) in [5.41, 5.74) is 0. The smallest absolute Gasteiger partial charge is 0.331 e. The minimum Gasteiger partial charge on any atom is -0.467 e. The van der Waals surface area contributed by atoms with Crippen molar-refractivity contribution in [2.45, 2.75) is 26.8 Å². The molecule has 2 heterocycles. The van der Waals surface area contributed by atoms with Crippen LogP contribution in [0.3, 0.4) is 0 Å². The number of nitrogens with zero attached hydrogens (tertiary/aromatic N) is 3. The number of amides is 4. The van der Waals surface area contributed by atoms with Gasteiger partial charge >= 0.3 is 6.03 Å². The lowest BCUT2D eigenvalue weighted by Crippen LogP contribution is -2.57. The van der Waals surface area contributed by atoms with Crippen molar-refractivity contribution < 1.29 is 18.8 Å². The molecule has 0 saturated carbocycles. The molecule has 0 aliphatic carbocycles. The van der Waals surface area contributed by atoms with Crippen molar-refractivity contribution in [2.24, 2.45) is 10.9 Å². The number of hydrogen-bond acceptors (Lipinski definition) is 6. The molecular weight excluding hydrogens is 324 g/mol. The van der Waals surface area contributed by atoms with E-state index < -0.39 is 23.8 Å². The minimum atomic E-state index is -1.08. The van der Waals surface area contributed by atoms with E-state index in [0.717, 1.165) is 31.0 Å². The van der Waals surface area contributed by atoms with Crippen LogP contribution in [0, 0.1) is 5.92 Å². The van der Waals surface area contributed by atoms with Gasteiger partial charge in [-0.3, -0.25) is 24.8 Å². The largest absolute Gasteiger partial charge is 0.467 e. The summed E-state index contributed by atoms with van der Waals surface area (Å²) >= 11 is 0. The Morgan fingerprint density at radius 1 is 1.32 bits per heavy atom. The zero-order chi connectivity index (χ0) is 18.2.